The van der Waals surface area contributed by atoms with Gasteiger partial charge in [0, 0.05) is 15.9 Å². The molecule has 0 fully saturated rings. The van der Waals surface area contributed by atoms with E-state index in [-0.39, 0.29) is 11.7 Å². The zero-order valence-corrected chi connectivity index (χ0v) is 16.8. The van der Waals surface area contributed by atoms with Crippen molar-refractivity contribution in [2.45, 2.75) is 19.9 Å². The molecule has 2 N–H and O–H groups in total. The lowest BCUT2D eigenvalue weighted by atomic mass is 9.95. The van der Waals surface area contributed by atoms with Crippen LogP contribution in [0, 0.1) is 12.7 Å². The van der Waals surface area contributed by atoms with E-state index < -0.39 is 6.04 Å². The van der Waals surface area contributed by atoms with Gasteiger partial charge < -0.3 is 10.6 Å². The summed E-state index contributed by atoms with van der Waals surface area (Å²) in [5.74, 6) is -0.0565. The first-order chi connectivity index (χ1) is 13.4. The van der Waals surface area contributed by atoms with E-state index in [1.165, 1.54) is 18.5 Å². The molecule has 4 rings (SSSR count). The van der Waals surface area contributed by atoms with Crippen molar-refractivity contribution in [2.24, 2.45) is 0 Å². The van der Waals surface area contributed by atoms with Crippen molar-refractivity contribution < 1.29 is 9.18 Å². The number of amides is 1. The third-order valence-electron chi connectivity index (χ3n) is 4.66. The fraction of sp³-hybridized carbons (Fsp3) is 0.150. The SMILES string of the molecule is CC1=C(C(=O)Nc2ccc(F)cc2C)[C@@H](c2ccc(Br)cc2)n2ncnc2N1. The van der Waals surface area contributed by atoms with Crippen molar-refractivity contribution in [2.75, 3.05) is 10.6 Å². The zero-order valence-electron chi connectivity index (χ0n) is 15.2. The van der Waals surface area contributed by atoms with Gasteiger partial charge in [0.25, 0.3) is 5.91 Å². The number of rotatable bonds is 3. The Labute approximate surface area is 169 Å². The highest BCUT2D eigenvalue weighted by Crippen LogP contribution is 2.35. The number of allylic oxidation sites excluding steroid dienone is 1. The second-order valence-corrected chi connectivity index (χ2v) is 7.48. The lowest BCUT2D eigenvalue weighted by Crippen LogP contribution is -2.31. The number of halogens is 2. The molecule has 0 unspecified atom stereocenters. The molecule has 6 nitrogen and oxygen atoms in total. The molecule has 28 heavy (non-hydrogen) atoms. The summed E-state index contributed by atoms with van der Waals surface area (Å²) in [7, 11) is 0. The van der Waals surface area contributed by atoms with Crippen LogP contribution < -0.4 is 10.6 Å². The van der Waals surface area contributed by atoms with E-state index in [1.54, 1.807) is 17.7 Å². The minimum atomic E-state index is -0.437. The molecule has 1 aliphatic rings. The summed E-state index contributed by atoms with van der Waals surface area (Å²) in [5.41, 5.74) is 3.31. The predicted octanol–water partition coefficient (Wildman–Crippen LogP) is 4.42. The van der Waals surface area contributed by atoms with Crippen LogP contribution in [0.15, 0.2) is 64.5 Å². The van der Waals surface area contributed by atoms with Gasteiger partial charge in [-0.3, -0.25) is 4.79 Å². The van der Waals surface area contributed by atoms with Crippen molar-refractivity contribution in [1.82, 2.24) is 14.8 Å². The van der Waals surface area contributed by atoms with Gasteiger partial charge in [-0.25, -0.2) is 9.07 Å². The Bertz CT molecular complexity index is 1090. The maximum atomic E-state index is 13.4. The molecule has 8 heteroatoms. The Kier molecular flexibility index (Phi) is 4.72. The van der Waals surface area contributed by atoms with Gasteiger partial charge in [0.05, 0.1) is 5.57 Å². The molecule has 2 heterocycles. The first-order valence-corrected chi connectivity index (χ1v) is 9.43. The second-order valence-electron chi connectivity index (χ2n) is 6.56. The van der Waals surface area contributed by atoms with Gasteiger partial charge in [0.2, 0.25) is 5.95 Å². The average molecular weight is 442 g/mol. The Morgan fingerprint density at radius 3 is 2.68 bits per heavy atom. The van der Waals surface area contributed by atoms with Gasteiger partial charge in [0.1, 0.15) is 18.2 Å². The fourth-order valence-electron chi connectivity index (χ4n) is 3.30. The van der Waals surface area contributed by atoms with E-state index in [0.717, 1.165) is 10.0 Å². The summed E-state index contributed by atoms with van der Waals surface area (Å²) < 4.78 is 16.0. The van der Waals surface area contributed by atoms with Crippen LogP contribution in [0.5, 0.6) is 0 Å². The van der Waals surface area contributed by atoms with Crippen LogP contribution in [0.2, 0.25) is 0 Å². The van der Waals surface area contributed by atoms with Crippen LogP contribution in [0.3, 0.4) is 0 Å². The van der Waals surface area contributed by atoms with Crippen molar-refractivity contribution in [3.05, 3.63) is 81.5 Å². The predicted molar refractivity (Wildman–Crippen MR) is 108 cm³/mol. The van der Waals surface area contributed by atoms with Gasteiger partial charge in [0.15, 0.2) is 0 Å². The van der Waals surface area contributed by atoms with Gasteiger partial charge in [-0.15, -0.1) is 0 Å². The summed E-state index contributed by atoms with van der Waals surface area (Å²) in [4.78, 5) is 17.4. The number of nitrogens with zero attached hydrogens (tertiary/aromatic N) is 3. The zero-order chi connectivity index (χ0) is 19.8. The lowest BCUT2D eigenvalue weighted by molar-refractivity contribution is -0.113. The minimum Gasteiger partial charge on any atom is -0.328 e. The highest BCUT2D eigenvalue weighted by Gasteiger charge is 2.33. The number of carbonyl (C=O) groups is 1. The second kappa shape index (κ2) is 7.20. The number of nitrogens with one attached hydrogen (secondary N) is 2. The van der Waals surface area contributed by atoms with Gasteiger partial charge in [-0.05, 0) is 55.3 Å². The van der Waals surface area contributed by atoms with Crippen LogP contribution in [0.25, 0.3) is 0 Å². The molecule has 2 aromatic carbocycles. The van der Waals surface area contributed by atoms with Gasteiger partial charge in [-0.2, -0.15) is 10.1 Å². The lowest BCUT2D eigenvalue weighted by Gasteiger charge is -2.29. The minimum absolute atomic E-state index is 0.284. The van der Waals surface area contributed by atoms with Crippen molar-refractivity contribution in [1.29, 1.82) is 0 Å². The Hall–Kier alpha value is -3.00. The van der Waals surface area contributed by atoms with E-state index in [1.807, 2.05) is 31.2 Å². The largest absolute Gasteiger partial charge is 0.328 e. The Morgan fingerprint density at radius 2 is 1.96 bits per heavy atom. The highest BCUT2D eigenvalue weighted by atomic mass is 79.9. The van der Waals surface area contributed by atoms with E-state index in [4.69, 9.17) is 0 Å². The van der Waals surface area contributed by atoms with Crippen molar-refractivity contribution in [3.8, 4) is 0 Å². The number of fused-ring (bicyclic) bond motifs is 1. The monoisotopic (exact) mass is 441 g/mol. The van der Waals surface area contributed by atoms with Crippen LogP contribution in [-0.2, 0) is 4.79 Å². The standard InChI is InChI=1S/C20H17BrFN5O/c1-11-9-15(22)7-8-16(11)26-19(28)17-12(2)25-20-23-10-24-27(20)18(17)13-3-5-14(21)6-4-13/h3-10,18H,1-2H3,(H,26,28)(H,23,24,25)/t18-/m1/s1. The van der Waals surface area contributed by atoms with Crippen LogP contribution >= 0.6 is 15.9 Å². The summed E-state index contributed by atoms with van der Waals surface area (Å²) in [5, 5.41) is 10.3. The molecule has 1 aromatic heterocycles. The number of aromatic nitrogens is 3. The first kappa shape index (κ1) is 18.4. The van der Waals surface area contributed by atoms with E-state index in [9.17, 15) is 9.18 Å². The molecular formula is C20H17BrFN5O. The summed E-state index contributed by atoms with van der Waals surface area (Å²) >= 11 is 3.44. The average Bonchev–Trinajstić information content (AvgIpc) is 3.11. The molecule has 0 radical (unpaired) electrons. The van der Waals surface area contributed by atoms with Gasteiger partial charge >= 0.3 is 0 Å². The third kappa shape index (κ3) is 3.31. The number of hydrogen-bond acceptors (Lipinski definition) is 4. The molecular weight excluding hydrogens is 425 g/mol. The normalized spacial score (nSPS) is 15.8. The molecule has 0 saturated carbocycles. The summed E-state index contributed by atoms with van der Waals surface area (Å²) in [6, 6.07) is 11.6. The molecule has 0 spiro atoms. The maximum absolute atomic E-state index is 13.4. The summed E-state index contributed by atoms with van der Waals surface area (Å²) in [6.45, 7) is 3.58. The molecule has 0 bridgehead atoms. The maximum Gasteiger partial charge on any atom is 0.255 e. The number of benzene rings is 2. The topological polar surface area (TPSA) is 71.8 Å². The van der Waals surface area contributed by atoms with E-state index >= 15 is 0 Å². The molecule has 3 aromatic rings. The number of anilines is 2. The van der Waals surface area contributed by atoms with Crippen molar-refractivity contribution >= 4 is 33.5 Å². The highest BCUT2D eigenvalue weighted by molar-refractivity contribution is 9.10. The quantitative estimate of drug-likeness (QED) is 0.630. The molecule has 1 atom stereocenters. The van der Waals surface area contributed by atoms with Crippen LogP contribution in [-0.4, -0.2) is 20.7 Å². The summed E-state index contributed by atoms with van der Waals surface area (Å²) in [6.07, 6.45) is 1.45. The fourth-order valence-corrected chi connectivity index (χ4v) is 3.56. The molecule has 142 valence electrons. The molecule has 1 aliphatic heterocycles. The first-order valence-electron chi connectivity index (χ1n) is 8.64. The van der Waals surface area contributed by atoms with Crippen LogP contribution in [0.1, 0.15) is 24.1 Å². The third-order valence-corrected chi connectivity index (χ3v) is 5.19. The molecule has 0 saturated heterocycles. The number of hydrogen-bond donors (Lipinski definition) is 2. The number of carbonyl (C=O) groups excluding carboxylic acids is 1. The Morgan fingerprint density at radius 1 is 1.21 bits per heavy atom. The van der Waals surface area contributed by atoms with E-state index in [2.05, 4.69) is 36.6 Å². The van der Waals surface area contributed by atoms with E-state index in [0.29, 0.717) is 28.5 Å². The molecule has 1 amide bonds. The van der Waals surface area contributed by atoms with Crippen molar-refractivity contribution in [3.63, 3.8) is 0 Å². The Balaban J connectivity index is 1.76. The van der Waals surface area contributed by atoms with Gasteiger partial charge in [-0.1, -0.05) is 28.1 Å². The molecule has 0 aliphatic carbocycles. The smallest absolute Gasteiger partial charge is 0.255 e. The number of aryl methyl sites for hydroxylation is 1. The van der Waals surface area contributed by atoms with Crippen LogP contribution in [0.4, 0.5) is 16.0 Å².